The molecule has 0 aliphatic carbocycles. The zero-order valence-electron chi connectivity index (χ0n) is 19.2. The predicted molar refractivity (Wildman–Crippen MR) is 173 cm³/mol. The van der Waals surface area contributed by atoms with Crippen LogP contribution in [0.3, 0.4) is 0 Å². The van der Waals surface area contributed by atoms with Crippen molar-refractivity contribution in [2.75, 3.05) is 7.11 Å². The molecule has 0 unspecified atom stereocenters. The molecule has 0 fully saturated rings. The molecular weight excluding hydrogens is 1040 g/mol. The third-order valence-electron chi connectivity index (χ3n) is 2.73. The van der Waals surface area contributed by atoms with E-state index in [1.54, 1.807) is 0 Å². The highest BCUT2D eigenvalue weighted by Gasteiger charge is 2.19. The van der Waals surface area contributed by atoms with Crippen molar-refractivity contribution in [2.24, 2.45) is 0 Å². The number of rotatable bonds is 4. The molecule has 0 amide bonds. The summed E-state index contributed by atoms with van der Waals surface area (Å²) in [4.78, 5) is 28.0. The molecule has 0 bridgehead atoms. The Labute approximate surface area is 267 Å². The fourth-order valence-corrected chi connectivity index (χ4v) is 1.65. The molecule has 0 radical (unpaired) electrons. The molecule has 2 rings (SSSR count). The highest BCUT2D eigenvalue weighted by molar-refractivity contribution is 15.0. The number of carboxylic acids is 1. The third kappa shape index (κ3) is 22.3. The minimum atomic E-state index is -2.85. The van der Waals surface area contributed by atoms with E-state index < -0.39 is 41.7 Å². The van der Waals surface area contributed by atoms with Crippen molar-refractivity contribution in [1.29, 1.82) is 0 Å². The van der Waals surface area contributed by atoms with Gasteiger partial charge in [-0.2, -0.15) is 0 Å². The lowest BCUT2D eigenvalue weighted by Crippen LogP contribution is -2.07. The lowest BCUT2D eigenvalue weighted by Gasteiger charge is -2.04. The van der Waals surface area contributed by atoms with Gasteiger partial charge in [-0.1, -0.05) is 95.5 Å². The maximum Gasteiger partial charge on any atom is 0.339 e. The minimum Gasteiger partial charge on any atom is -0.478 e. The lowest BCUT2D eigenvalue weighted by molar-refractivity contribution is 0.0586. The van der Waals surface area contributed by atoms with E-state index in [1.807, 2.05) is 27.7 Å². The fraction of sp³-hybridized carbons (Fsp3) is 0.400. The number of halogens is 9. The smallest absolute Gasteiger partial charge is 0.339 e. The average molecular weight is 1070 g/mol. The number of carboxylic acid groups (broad SMARTS) is 1. The third-order valence-corrected chi connectivity index (χ3v) is 2.73. The summed E-state index contributed by atoms with van der Waals surface area (Å²) in [5.41, 5.74) is -1.88. The predicted octanol–water partition coefficient (Wildman–Crippen LogP) is 9.92. The second-order valence-electron chi connectivity index (χ2n) is 4.52. The summed E-state index contributed by atoms with van der Waals surface area (Å²) in [6, 6.07) is 5.05. The van der Waals surface area contributed by atoms with Crippen LogP contribution in [-0.2, 0) is 4.74 Å². The normalized spacial score (nSPS) is 8.83. The molecule has 0 spiro atoms. The first-order valence-corrected chi connectivity index (χ1v) is 19.4. The Bertz CT molecular complexity index is 805. The molecule has 0 aliphatic heterocycles. The number of alkyl halides is 7. The maximum absolute atomic E-state index is 12.3. The van der Waals surface area contributed by atoms with Gasteiger partial charge in [0, 0.05) is 49.6 Å². The summed E-state index contributed by atoms with van der Waals surface area (Å²) >= 11 is 11.2. The Morgan fingerprint density at radius 2 is 1.14 bits per heavy atom. The van der Waals surface area contributed by atoms with Crippen LogP contribution in [-0.4, -0.2) is 34.1 Å². The van der Waals surface area contributed by atoms with Crippen molar-refractivity contribution in [3.63, 3.8) is 0 Å². The van der Waals surface area contributed by atoms with E-state index in [0.717, 1.165) is 19.3 Å². The number of esters is 1. The highest BCUT2D eigenvalue weighted by Crippen LogP contribution is 2.21. The van der Waals surface area contributed by atoms with Crippen LogP contribution in [0.15, 0.2) is 36.7 Å². The van der Waals surface area contributed by atoms with Crippen molar-refractivity contribution in [3.8, 4) is 0 Å². The molecule has 1 N–H and O–H groups in total. The van der Waals surface area contributed by atoms with Gasteiger partial charge in [-0.05, 0) is 24.3 Å². The monoisotopic (exact) mass is 1070 g/mol. The molecule has 0 saturated carbocycles. The van der Waals surface area contributed by atoms with Gasteiger partial charge in [0.15, 0.2) is 0 Å². The molecule has 2 aromatic heterocycles. The molecule has 202 valence electrons. The van der Waals surface area contributed by atoms with Gasteiger partial charge in [-0.25, -0.2) is 27.2 Å². The molecule has 0 aromatic carbocycles. The molecule has 0 atom stereocenters. The molecule has 0 aliphatic rings. The van der Waals surface area contributed by atoms with E-state index in [2.05, 4.69) is 120 Å². The quantitative estimate of drug-likeness (QED) is 0.142. The van der Waals surface area contributed by atoms with E-state index in [9.17, 15) is 27.2 Å². The summed E-state index contributed by atoms with van der Waals surface area (Å²) in [5, 5.41) is 8.44. The summed E-state index contributed by atoms with van der Waals surface area (Å²) in [5.74, 6) is -2.19. The molecule has 2 aromatic rings. The van der Waals surface area contributed by atoms with E-state index in [4.69, 9.17) is 5.11 Å². The maximum atomic E-state index is 12.3. The van der Waals surface area contributed by atoms with Crippen molar-refractivity contribution < 1.29 is 37.0 Å². The van der Waals surface area contributed by atoms with Crippen LogP contribution in [0.1, 0.15) is 72.6 Å². The summed E-state index contributed by atoms with van der Waals surface area (Å²) in [6.45, 7) is 8.00. The number of ether oxygens (including phenoxy) is 1. The second-order valence-corrected chi connectivity index (χ2v) is 15.4. The van der Waals surface area contributed by atoms with E-state index >= 15 is 0 Å². The number of hydrogen-bond acceptors (Lipinski definition) is 5. The second kappa shape index (κ2) is 29.2. The number of aromatic carboxylic acids is 1. The topological polar surface area (TPSA) is 89.4 Å². The Morgan fingerprint density at radius 3 is 1.40 bits per heavy atom. The zero-order chi connectivity index (χ0) is 28.6. The Hall–Kier alpha value is 0.610. The minimum absolute atomic E-state index is 0.194. The highest BCUT2D eigenvalue weighted by atomic mass is 128. The van der Waals surface area contributed by atoms with Crippen LogP contribution in [0.25, 0.3) is 0 Å². The lowest BCUT2D eigenvalue weighted by atomic mass is 10.2. The van der Waals surface area contributed by atoms with Gasteiger partial charge >= 0.3 is 11.9 Å². The van der Waals surface area contributed by atoms with Crippen LogP contribution in [0.4, 0.5) is 17.6 Å². The molecule has 35 heavy (non-hydrogen) atoms. The van der Waals surface area contributed by atoms with Crippen molar-refractivity contribution >= 4 is 117 Å². The number of carbonyl (C=O) groups is 2. The van der Waals surface area contributed by atoms with Crippen LogP contribution in [0.2, 0.25) is 0 Å². The van der Waals surface area contributed by atoms with Crippen molar-refractivity contribution in [2.45, 2.75) is 40.5 Å². The average Bonchev–Trinajstić information content (AvgIpc) is 2.87. The van der Waals surface area contributed by atoms with Crippen LogP contribution in [0, 0.1) is 0 Å². The van der Waals surface area contributed by atoms with E-state index in [-0.39, 0.29) is 5.56 Å². The van der Waals surface area contributed by atoms with Crippen molar-refractivity contribution in [1.82, 2.24) is 9.97 Å². The van der Waals surface area contributed by atoms with E-state index in [0.29, 0.717) is 0 Å². The van der Waals surface area contributed by atoms with Gasteiger partial charge < -0.3 is 9.84 Å². The number of pyridine rings is 2. The van der Waals surface area contributed by atoms with Gasteiger partial charge in [0.1, 0.15) is 11.3 Å². The Morgan fingerprint density at radius 1 is 0.829 bits per heavy atom. The molecule has 0 saturated heterocycles. The number of hydrogen-bond donors (Lipinski definition) is 1. The Balaban J connectivity index is -0.000000202. The first-order valence-electron chi connectivity index (χ1n) is 9.37. The number of carbonyl (C=O) groups excluding carboxylic acids is 1. The van der Waals surface area contributed by atoms with E-state index in [1.165, 1.54) is 24.4 Å². The van der Waals surface area contributed by atoms with Gasteiger partial charge in [0.2, 0.25) is 0 Å². The van der Waals surface area contributed by atoms with Crippen molar-refractivity contribution in [3.05, 3.63) is 59.2 Å². The molecule has 2 heterocycles. The van der Waals surface area contributed by atoms with Crippen LogP contribution < -0.4 is 0 Å². The summed E-state index contributed by atoms with van der Waals surface area (Å²) in [7, 11) is 1.13. The van der Waals surface area contributed by atoms with Gasteiger partial charge in [-0.15, -0.1) is 0 Å². The zero-order valence-corrected chi connectivity index (χ0v) is 30.0. The fourth-order valence-electron chi connectivity index (χ4n) is 1.65. The molecule has 15 heteroatoms. The first kappa shape index (κ1) is 42.7. The van der Waals surface area contributed by atoms with Crippen LogP contribution >= 0.6 is 105 Å². The Kier molecular flexibility index (Phi) is 35.6. The van der Waals surface area contributed by atoms with Gasteiger partial charge in [0.25, 0.3) is 12.9 Å². The molecular formula is C20H25F4I5N2O4. The SMILES string of the molecule is CC.CC.COC(=O)c1cccnc1C(F)F.IC(I)I.II.O=C(O)c1cccnc1C(F)F. The van der Waals surface area contributed by atoms with Gasteiger partial charge in [0.05, 0.1) is 18.2 Å². The molecule has 6 nitrogen and oxygen atoms in total. The number of aromatic nitrogens is 2. The summed E-state index contributed by atoms with van der Waals surface area (Å²) < 4.78 is 53.7. The summed E-state index contributed by atoms with van der Waals surface area (Å²) in [6.07, 6.45) is -3.28. The standard InChI is InChI=1S/C8H7F2NO2.C7H5F2NO2.2C2H6.CHI3.I2/c1-13-8(12)5-3-2-4-11-6(5)7(9)10;8-6(9)5-4(7(11)12)2-1-3-10-5;2*1-2;2-1(3)4;1-2/h2-4,7H,1H3;1-3,6H,(H,11,12);2*1-2H3;1H;. The first-order chi connectivity index (χ1) is 16.5. The number of nitrogens with zero attached hydrogens (tertiary/aromatic N) is 2. The van der Waals surface area contributed by atoms with Gasteiger partial charge in [-0.3, -0.25) is 9.97 Å². The number of methoxy groups -OCH3 is 1. The van der Waals surface area contributed by atoms with Crippen LogP contribution in [0.5, 0.6) is 0 Å². The largest absolute Gasteiger partial charge is 0.478 e.